The molecule has 1 amide bonds. The molecule has 8 heteroatoms. The molecule has 2 aromatic heterocycles. The Kier molecular flexibility index (Phi) is 5.59. The largest absolute Gasteiger partial charge is 0.484 e. The molecule has 146 valence electrons. The van der Waals surface area contributed by atoms with Crippen molar-refractivity contribution in [3.63, 3.8) is 0 Å². The lowest BCUT2D eigenvalue weighted by molar-refractivity contribution is -0.118. The summed E-state index contributed by atoms with van der Waals surface area (Å²) in [5.41, 5.74) is 2.08. The number of rotatable bonds is 6. The Bertz CT molecular complexity index is 1140. The van der Waals surface area contributed by atoms with Crippen molar-refractivity contribution >= 4 is 34.5 Å². The van der Waals surface area contributed by atoms with Crippen molar-refractivity contribution in [3.05, 3.63) is 70.6 Å². The molecular formula is C21H16ClN3O3S. The molecule has 2 heterocycles. The zero-order valence-corrected chi connectivity index (χ0v) is 17.0. The number of aryl methyl sites for hydroxylation is 1. The Morgan fingerprint density at radius 1 is 1.21 bits per heavy atom. The van der Waals surface area contributed by atoms with Crippen molar-refractivity contribution in [1.82, 2.24) is 10.1 Å². The third kappa shape index (κ3) is 4.47. The summed E-state index contributed by atoms with van der Waals surface area (Å²) in [6, 6.07) is 16.3. The van der Waals surface area contributed by atoms with Crippen LogP contribution in [0.4, 0.5) is 5.69 Å². The van der Waals surface area contributed by atoms with Crippen molar-refractivity contribution < 1.29 is 14.1 Å². The predicted octanol–water partition coefficient (Wildman–Crippen LogP) is 5.44. The van der Waals surface area contributed by atoms with Crippen molar-refractivity contribution in [3.8, 4) is 27.9 Å². The fourth-order valence-electron chi connectivity index (χ4n) is 2.66. The number of halogens is 1. The van der Waals surface area contributed by atoms with E-state index in [9.17, 15) is 4.79 Å². The molecule has 0 aliphatic heterocycles. The molecule has 0 saturated heterocycles. The number of benzene rings is 2. The summed E-state index contributed by atoms with van der Waals surface area (Å²) in [6.45, 7) is 1.74. The van der Waals surface area contributed by atoms with Crippen LogP contribution in [0.25, 0.3) is 22.2 Å². The molecule has 1 N–H and O–H groups in total. The number of carbonyl (C=O) groups is 1. The molecule has 0 saturated carbocycles. The molecule has 0 aliphatic carbocycles. The van der Waals surface area contributed by atoms with E-state index in [1.54, 1.807) is 24.3 Å². The number of nitrogens with zero attached hydrogens (tertiary/aromatic N) is 2. The van der Waals surface area contributed by atoms with Gasteiger partial charge in [-0.25, -0.2) is 0 Å². The van der Waals surface area contributed by atoms with Gasteiger partial charge in [0.1, 0.15) is 5.75 Å². The average molecular weight is 426 g/mol. The van der Waals surface area contributed by atoms with Crippen molar-refractivity contribution in [2.75, 3.05) is 11.9 Å². The minimum Gasteiger partial charge on any atom is -0.484 e. The lowest BCUT2D eigenvalue weighted by Crippen LogP contribution is -2.20. The molecule has 0 unspecified atom stereocenters. The standard InChI is InChI=1S/C21H16ClN3O3S/c1-13-11-14(8-9-16(13)22)27-12-19(26)23-17-6-3-2-5-15(17)21-24-20(25-28-21)18-7-4-10-29-18/h2-11H,12H2,1H3,(H,23,26). The van der Waals surface area contributed by atoms with Gasteiger partial charge in [0.15, 0.2) is 6.61 Å². The quantitative estimate of drug-likeness (QED) is 0.444. The number of anilines is 1. The summed E-state index contributed by atoms with van der Waals surface area (Å²) in [5, 5.41) is 9.45. The summed E-state index contributed by atoms with van der Waals surface area (Å²) in [4.78, 5) is 17.7. The number of carbonyl (C=O) groups excluding carboxylic acids is 1. The first-order valence-corrected chi connectivity index (χ1v) is 10.0. The smallest absolute Gasteiger partial charge is 0.262 e. The van der Waals surface area contributed by atoms with Gasteiger partial charge in [0.05, 0.1) is 16.1 Å². The summed E-state index contributed by atoms with van der Waals surface area (Å²) >= 11 is 7.53. The lowest BCUT2D eigenvalue weighted by atomic mass is 10.1. The number of aromatic nitrogens is 2. The van der Waals surface area contributed by atoms with Gasteiger partial charge in [-0.2, -0.15) is 4.98 Å². The number of thiophene rings is 1. The molecular weight excluding hydrogens is 410 g/mol. The summed E-state index contributed by atoms with van der Waals surface area (Å²) < 4.78 is 11.0. The second-order valence-electron chi connectivity index (χ2n) is 6.19. The van der Waals surface area contributed by atoms with Gasteiger partial charge in [0, 0.05) is 5.02 Å². The first kappa shape index (κ1) is 19.2. The van der Waals surface area contributed by atoms with Crippen molar-refractivity contribution in [2.24, 2.45) is 0 Å². The summed E-state index contributed by atoms with van der Waals surface area (Å²) in [5.74, 6) is 1.12. The zero-order chi connectivity index (χ0) is 20.2. The third-order valence-corrected chi connectivity index (χ3v) is 5.39. The Morgan fingerprint density at radius 3 is 2.86 bits per heavy atom. The van der Waals surface area contributed by atoms with Gasteiger partial charge in [-0.15, -0.1) is 11.3 Å². The van der Waals surface area contributed by atoms with E-state index in [0.29, 0.717) is 33.7 Å². The van der Waals surface area contributed by atoms with Crippen molar-refractivity contribution in [1.29, 1.82) is 0 Å². The Balaban J connectivity index is 1.47. The van der Waals surface area contributed by atoms with Crippen LogP contribution in [-0.4, -0.2) is 22.7 Å². The summed E-state index contributed by atoms with van der Waals surface area (Å²) in [6.07, 6.45) is 0. The third-order valence-electron chi connectivity index (χ3n) is 4.10. The van der Waals surface area contributed by atoms with Gasteiger partial charge in [-0.1, -0.05) is 35.0 Å². The summed E-state index contributed by atoms with van der Waals surface area (Å²) in [7, 11) is 0. The second-order valence-corrected chi connectivity index (χ2v) is 7.55. The predicted molar refractivity (Wildman–Crippen MR) is 113 cm³/mol. The molecule has 0 bridgehead atoms. The molecule has 0 fully saturated rings. The molecule has 2 aromatic carbocycles. The first-order chi connectivity index (χ1) is 14.1. The topological polar surface area (TPSA) is 77.2 Å². The Labute approximate surface area is 176 Å². The van der Waals surface area contributed by atoms with Gasteiger partial charge in [0.25, 0.3) is 11.8 Å². The van der Waals surface area contributed by atoms with Gasteiger partial charge in [-0.05, 0) is 54.3 Å². The SMILES string of the molecule is Cc1cc(OCC(=O)Nc2ccccc2-c2nc(-c3cccs3)no2)ccc1Cl. The first-order valence-electron chi connectivity index (χ1n) is 8.76. The highest BCUT2D eigenvalue weighted by Gasteiger charge is 2.16. The normalized spacial score (nSPS) is 10.7. The molecule has 4 aromatic rings. The number of amides is 1. The zero-order valence-electron chi connectivity index (χ0n) is 15.4. The molecule has 0 atom stereocenters. The van der Waals surface area contributed by atoms with Crippen LogP contribution < -0.4 is 10.1 Å². The van der Waals surface area contributed by atoms with Crippen LogP contribution >= 0.6 is 22.9 Å². The van der Waals surface area contributed by atoms with E-state index in [1.807, 2.05) is 42.6 Å². The molecule has 0 spiro atoms. The van der Waals surface area contributed by atoms with E-state index in [0.717, 1.165) is 10.4 Å². The van der Waals surface area contributed by atoms with Crippen LogP contribution in [-0.2, 0) is 4.79 Å². The number of nitrogens with one attached hydrogen (secondary N) is 1. The fraction of sp³-hybridized carbons (Fsp3) is 0.0952. The molecule has 0 radical (unpaired) electrons. The fourth-order valence-corrected chi connectivity index (χ4v) is 3.43. The molecule has 4 rings (SSSR count). The van der Waals surface area contributed by atoms with E-state index in [4.69, 9.17) is 20.9 Å². The van der Waals surface area contributed by atoms with Crippen LogP contribution in [0.15, 0.2) is 64.5 Å². The highest BCUT2D eigenvalue weighted by Crippen LogP contribution is 2.29. The van der Waals surface area contributed by atoms with Gasteiger partial charge in [-0.3, -0.25) is 4.79 Å². The highest BCUT2D eigenvalue weighted by atomic mass is 35.5. The Morgan fingerprint density at radius 2 is 2.07 bits per heavy atom. The monoisotopic (exact) mass is 425 g/mol. The van der Waals surface area contributed by atoms with E-state index in [2.05, 4.69) is 15.5 Å². The van der Waals surface area contributed by atoms with Crippen LogP contribution in [0.3, 0.4) is 0 Å². The maximum Gasteiger partial charge on any atom is 0.262 e. The second kappa shape index (κ2) is 8.46. The van der Waals surface area contributed by atoms with E-state index in [1.165, 1.54) is 11.3 Å². The molecule has 6 nitrogen and oxygen atoms in total. The van der Waals surface area contributed by atoms with Crippen LogP contribution in [0.1, 0.15) is 5.56 Å². The van der Waals surface area contributed by atoms with Gasteiger partial charge in [0.2, 0.25) is 5.82 Å². The molecule has 0 aliphatic rings. The minimum absolute atomic E-state index is 0.139. The van der Waals surface area contributed by atoms with E-state index >= 15 is 0 Å². The number of ether oxygens (including phenoxy) is 1. The van der Waals surface area contributed by atoms with E-state index < -0.39 is 0 Å². The van der Waals surface area contributed by atoms with Crippen LogP contribution in [0, 0.1) is 6.92 Å². The lowest BCUT2D eigenvalue weighted by Gasteiger charge is -2.10. The average Bonchev–Trinajstić information content (AvgIpc) is 3.41. The number of hydrogen-bond acceptors (Lipinski definition) is 6. The highest BCUT2D eigenvalue weighted by molar-refractivity contribution is 7.13. The van der Waals surface area contributed by atoms with Gasteiger partial charge >= 0.3 is 0 Å². The van der Waals surface area contributed by atoms with Crippen LogP contribution in [0.2, 0.25) is 5.02 Å². The number of para-hydroxylation sites is 1. The minimum atomic E-state index is -0.303. The maximum atomic E-state index is 12.4. The molecule has 29 heavy (non-hydrogen) atoms. The Hall–Kier alpha value is -3.16. The number of hydrogen-bond donors (Lipinski definition) is 1. The van der Waals surface area contributed by atoms with Gasteiger partial charge < -0.3 is 14.6 Å². The van der Waals surface area contributed by atoms with Crippen LogP contribution in [0.5, 0.6) is 5.75 Å². The maximum absolute atomic E-state index is 12.4. The van der Waals surface area contributed by atoms with Crippen molar-refractivity contribution in [2.45, 2.75) is 6.92 Å². The van der Waals surface area contributed by atoms with E-state index in [-0.39, 0.29) is 12.5 Å².